The first-order valence-electron chi connectivity index (χ1n) is 10.2. The Balaban J connectivity index is 1.50. The molecule has 3 aliphatic heterocycles. The molecule has 156 valence electrons. The van der Waals surface area contributed by atoms with Crippen LogP contribution < -0.4 is 19.5 Å². The summed E-state index contributed by atoms with van der Waals surface area (Å²) in [4.78, 5) is 14.4. The van der Waals surface area contributed by atoms with Gasteiger partial charge in [-0.25, -0.2) is 0 Å². The molecule has 2 aromatic rings. The van der Waals surface area contributed by atoms with E-state index in [1.165, 1.54) is 30.2 Å². The van der Waals surface area contributed by atoms with Crippen molar-refractivity contribution in [2.45, 2.75) is 32.4 Å². The average Bonchev–Trinajstić information content (AvgIpc) is 3.06. The Morgan fingerprint density at radius 3 is 2.80 bits per heavy atom. The largest absolute Gasteiger partial charge is 0.872 e. The number of benzene rings is 2. The summed E-state index contributed by atoms with van der Waals surface area (Å²) in [6.45, 7) is 3.30. The number of ether oxygens (including phenoxy) is 3. The van der Waals surface area contributed by atoms with Crippen molar-refractivity contribution in [3.63, 3.8) is 0 Å². The van der Waals surface area contributed by atoms with E-state index in [1.807, 2.05) is 12.1 Å². The van der Waals surface area contributed by atoms with Crippen molar-refractivity contribution in [3.05, 3.63) is 56.8 Å². The zero-order valence-corrected chi connectivity index (χ0v) is 18.0. The molecule has 1 fully saturated rings. The molecule has 7 heteroatoms. The molecule has 3 aliphatic rings. The average molecular weight is 472 g/mol. The number of Topliss-reactive ketones (excluding diaryl/α,β-unsaturated/α-hetero) is 1. The minimum Gasteiger partial charge on any atom is -0.872 e. The number of ketones is 1. The van der Waals surface area contributed by atoms with Crippen molar-refractivity contribution in [1.82, 2.24) is 0 Å². The van der Waals surface area contributed by atoms with Gasteiger partial charge in [-0.15, -0.1) is 0 Å². The van der Waals surface area contributed by atoms with Gasteiger partial charge in [0.2, 0.25) is 5.78 Å². The summed E-state index contributed by atoms with van der Waals surface area (Å²) in [5.41, 5.74) is 2.70. The smallest absolute Gasteiger partial charge is 0.231 e. The second-order valence-electron chi connectivity index (χ2n) is 7.94. The van der Waals surface area contributed by atoms with Crippen LogP contribution in [0.4, 0.5) is 0 Å². The van der Waals surface area contributed by atoms with Crippen LogP contribution in [0.1, 0.15) is 46.3 Å². The van der Waals surface area contributed by atoms with E-state index < -0.39 is 0 Å². The van der Waals surface area contributed by atoms with Crippen LogP contribution in [0, 0.1) is 0 Å². The second-order valence-corrected chi connectivity index (χ2v) is 8.86. The number of quaternary nitrogens is 1. The number of carbonyl (C=O) groups excluding carboxylic acids is 1. The van der Waals surface area contributed by atoms with Crippen LogP contribution in [-0.4, -0.2) is 25.7 Å². The van der Waals surface area contributed by atoms with E-state index in [-0.39, 0.29) is 24.1 Å². The Kier molecular flexibility index (Phi) is 5.26. The normalized spacial score (nSPS) is 19.9. The Morgan fingerprint density at radius 1 is 1.13 bits per heavy atom. The molecule has 0 bridgehead atoms. The molecule has 6 nitrogen and oxygen atoms in total. The van der Waals surface area contributed by atoms with Crippen molar-refractivity contribution in [3.8, 4) is 17.2 Å². The fraction of sp³-hybridized carbons (Fsp3) is 0.348. The Bertz CT molecular complexity index is 1040. The molecule has 0 aliphatic carbocycles. The molecule has 2 aromatic carbocycles. The zero-order valence-electron chi connectivity index (χ0n) is 16.5. The molecule has 0 saturated carbocycles. The van der Waals surface area contributed by atoms with Crippen LogP contribution in [0.3, 0.4) is 0 Å². The van der Waals surface area contributed by atoms with Gasteiger partial charge in [-0.05, 0) is 43.5 Å². The number of halogens is 1. The van der Waals surface area contributed by atoms with E-state index in [0.717, 1.165) is 28.7 Å². The highest BCUT2D eigenvalue weighted by molar-refractivity contribution is 9.10. The lowest BCUT2D eigenvalue weighted by molar-refractivity contribution is -0.918. The molecule has 0 unspecified atom stereocenters. The number of piperidine rings is 1. The van der Waals surface area contributed by atoms with E-state index in [4.69, 9.17) is 14.2 Å². The first-order valence-corrected chi connectivity index (χ1v) is 11.0. The highest BCUT2D eigenvalue weighted by Crippen LogP contribution is 2.40. The van der Waals surface area contributed by atoms with Gasteiger partial charge in [0, 0.05) is 21.2 Å². The maximum atomic E-state index is 13.0. The number of rotatable bonds is 3. The van der Waals surface area contributed by atoms with Gasteiger partial charge in [0.05, 0.1) is 25.3 Å². The maximum absolute atomic E-state index is 13.0. The number of nitrogens with one attached hydrogen (secondary N) is 1. The number of fused-ring (bicyclic) bond motifs is 2. The Labute approximate surface area is 183 Å². The topological polar surface area (TPSA) is 72.3 Å². The van der Waals surface area contributed by atoms with Gasteiger partial charge in [0.25, 0.3) is 0 Å². The van der Waals surface area contributed by atoms with Crippen LogP contribution in [0.2, 0.25) is 0 Å². The highest BCUT2D eigenvalue weighted by Gasteiger charge is 2.32. The molecule has 1 N–H and O–H groups in total. The number of allylic oxidation sites excluding steroid dienone is 1. The van der Waals surface area contributed by atoms with E-state index in [2.05, 4.69) is 15.9 Å². The number of likely N-dealkylation sites (tertiary alicyclic amines) is 1. The minimum atomic E-state index is -0.208. The van der Waals surface area contributed by atoms with Gasteiger partial charge < -0.3 is 24.2 Å². The summed E-state index contributed by atoms with van der Waals surface area (Å²) in [5, 5.41) is 12.6. The van der Waals surface area contributed by atoms with Crippen LogP contribution in [0.15, 0.2) is 34.5 Å². The predicted octanol–water partition coefficient (Wildman–Crippen LogP) is 2.57. The molecule has 0 atom stereocenters. The third kappa shape index (κ3) is 3.62. The Morgan fingerprint density at radius 2 is 1.97 bits per heavy atom. The van der Waals surface area contributed by atoms with E-state index >= 15 is 0 Å². The number of hydrogen-bond acceptors (Lipinski definition) is 5. The van der Waals surface area contributed by atoms with E-state index in [9.17, 15) is 9.90 Å². The van der Waals surface area contributed by atoms with Gasteiger partial charge in [0.15, 0.2) is 12.6 Å². The minimum absolute atomic E-state index is 0.0683. The summed E-state index contributed by atoms with van der Waals surface area (Å²) < 4.78 is 17.9. The van der Waals surface area contributed by atoms with Gasteiger partial charge in [-0.2, -0.15) is 0 Å². The lowest BCUT2D eigenvalue weighted by atomic mass is 10.0. The van der Waals surface area contributed by atoms with Crippen LogP contribution in [0.5, 0.6) is 17.2 Å². The number of hydrogen-bond donors (Lipinski definition) is 1. The molecular weight excluding hydrogens is 450 g/mol. The van der Waals surface area contributed by atoms with Gasteiger partial charge >= 0.3 is 0 Å². The molecule has 0 amide bonds. The number of carbonyl (C=O) groups is 1. The van der Waals surface area contributed by atoms with Crippen molar-refractivity contribution in [2.75, 3.05) is 19.9 Å². The van der Waals surface area contributed by atoms with Crippen molar-refractivity contribution in [1.29, 1.82) is 0 Å². The molecule has 1 saturated heterocycles. The maximum Gasteiger partial charge on any atom is 0.231 e. The summed E-state index contributed by atoms with van der Waals surface area (Å²) in [5.74, 6) is 1.04. The first-order chi connectivity index (χ1) is 14.6. The third-order valence-corrected chi connectivity index (χ3v) is 6.33. The molecule has 3 heterocycles. The highest BCUT2D eigenvalue weighted by atomic mass is 79.9. The van der Waals surface area contributed by atoms with Crippen molar-refractivity contribution < 1.29 is 29.0 Å². The first kappa shape index (κ1) is 19.6. The zero-order chi connectivity index (χ0) is 20.7. The van der Waals surface area contributed by atoms with Crippen LogP contribution in [-0.2, 0) is 17.9 Å². The molecule has 0 spiro atoms. The lowest BCUT2D eigenvalue weighted by Crippen LogP contribution is -3.11. The summed E-state index contributed by atoms with van der Waals surface area (Å²) in [7, 11) is 0. The summed E-state index contributed by atoms with van der Waals surface area (Å²) in [6, 6.07) is 6.89. The van der Waals surface area contributed by atoms with Gasteiger partial charge in [-0.3, -0.25) is 4.79 Å². The monoisotopic (exact) mass is 471 g/mol. The molecule has 30 heavy (non-hydrogen) atoms. The predicted molar refractivity (Wildman–Crippen MR) is 112 cm³/mol. The van der Waals surface area contributed by atoms with Crippen LogP contribution in [0.25, 0.3) is 6.08 Å². The quantitative estimate of drug-likeness (QED) is 0.696. The molecule has 5 rings (SSSR count). The molecule has 0 radical (unpaired) electrons. The Hall–Kier alpha value is -2.35. The standard InChI is InChI=1S/C23H22BrNO5/c24-16-8-14(22-15(9-16)12-28-13-29-22)10-20-21(27)17-4-5-19(26)18(23(17)30-20)11-25-6-2-1-3-7-25/h4-5,8-10,26H,1-3,6-7,11-13H2/b20-10-. The van der Waals surface area contributed by atoms with Gasteiger partial charge in [0.1, 0.15) is 18.0 Å². The van der Waals surface area contributed by atoms with E-state index in [0.29, 0.717) is 35.8 Å². The van der Waals surface area contributed by atoms with Gasteiger partial charge in [-0.1, -0.05) is 27.7 Å². The van der Waals surface area contributed by atoms with E-state index in [1.54, 1.807) is 12.1 Å². The van der Waals surface area contributed by atoms with Crippen molar-refractivity contribution >= 4 is 27.8 Å². The SMILES string of the molecule is O=C1/C(=C/c2cc(Br)cc3c2OCOC3)Oc2c1ccc([O-])c2C[NH+]1CCCCC1. The fourth-order valence-electron chi connectivity index (χ4n) is 4.39. The summed E-state index contributed by atoms with van der Waals surface area (Å²) >= 11 is 3.50. The van der Waals surface area contributed by atoms with Crippen molar-refractivity contribution in [2.24, 2.45) is 0 Å². The lowest BCUT2D eigenvalue weighted by Gasteiger charge is -2.26. The van der Waals surface area contributed by atoms with Crippen LogP contribution >= 0.6 is 15.9 Å². The molecule has 0 aromatic heterocycles. The summed E-state index contributed by atoms with van der Waals surface area (Å²) in [6.07, 6.45) is 5.27. The third-order valence-electron chi connectivity index (χ3n) is 5.88. The second kappa shape index (κ2) is 8.06. The fourth-order valence-corrected chi connectivity index (χ4v) is 4.92. The molecular formula is C23H22BrNO5.